The van der Waals surface area contributed by atoms with Gasteiger partial charge in [0.15, 0.2) is 0 Å². The highest BCUT2D eigenvalue weighted by Gasteiger charge is 2.14. The Labute approximate surface area is 118 Å². The second kappa shape index (κ2) is 6.66. The van der Waals surface area contributed by atoms with Crippen LogP contribution in [0.15, 0.2) is 16.7 Å². The highest BCUT2D eigenvalue weighted by Crippen LogP contribution is 2.17. The van der Waals surface area contributed by atoms with E-state index in [1.165, 1.54) is 11.8 Å². The lowest BCUT2D eigenvalue weighted by molar-refractivity contribution is -0.867. The van der Waals surface area contributed by atoms with Crippen LogP contribution in [0.5, 0.6) is 0 Å². The van der Waals surface area contributed by atoms with Crippen molar-refractivity contribution in [2.45, 2.75) is 6.92 Å². The van der Waals surface area contributed by atoms with Gasteiger partial charge >= 0.3 is 0 Å². The molecule has 0 atom stereocenters. The molecule has 5 heteroatoms. The number of rotatable bonds is 4. The van der Waals surface area contributed by atoms with Gasteiger partial charge in [0.1, 0.15) is 5.76 Å². The molecule has 0 fully saturated rings. The van der Waals surface area contributed by atoms with E-state index >= 15 is 0 Å². The van der Waals surface area contributed by atoms with Crippen molar-refractivity contribution in [3.05, 3.63) is 23.7 Å². The molecule has 0 saturated heterocycles. The molecule has 0 radical (unpaired) electrons. The van der Waals surface area contributed by atoms with Crippen LogP contribution in [0.2, 0.25) is 0 Å². The molecule has 0 spiro atoms. The zero-order valence-corrected chi connectivity index (χ0v) is 13.1. The van der Waals surface area contributed by atoms with E-state index in [0.717, 1.165) is 16.8 Å². The first-order valence-corrected chi connectivity index (χ1v) is 5.90. The van der Waals surface area contributed by atoms with Gasteiger partial charge in [-0.25, -0.2) is 0 Å². The number of carbonyl (C=O) groups excluding carboxylic acids is 1. The summed E-state index contributed by atoms with van der Waals surface area (Å²) in [7, 11) is 6.36. The van der Waals surface area contributed by atoms with Crippen LogP contribution in [0.25, 0.3) is 0 Å². The molecule has 1 aromatic heterocycles. The summed E-state index contributed by atoms with van der Waals surface area (Å²) in [6.45, 7) is 2.79. The van der Waals surface area contributed by atoms with Crippen molar-refractivity contribution in [2.75, 3.05) is 33.4 Å². The number of quaternary nitrogens is 1. The number of nitrogens with zero attached hydrogens (tertiary/aromatic N) is 1. The Bertz CT molecular complexity index is 344. The molecule has 0 unspecified atom stereocenters. The van der Waals surface area contributed by atoms with Crippen LogP contribution < -0.4 is 24.0 Å². The number of furan rings is 1. The average molecular weight is 355 g/mol. The fourth-order valence-electron chi connectivity index (χ4n) is 1.09. The monoisotopic (exact) mass is 355 g/mol. The zero-order valence-electron chi connectivity index (χ0n) is 10.1. The number of aryl methyl sites for hydroxylation is 1. The lowest BCUT2D eigenvalue weighted by atomic mass is 10.3. The summed E-state index contributed by atoms with van der Waals surface area (Å²) in [4.78, 5) is 11.7. The first kappa shape index (κ1) is 16.0. The van der Waals surface area contributed by atoms with Crippen molar-refractivity contribution < 1.29 is 37.7 Å². The molecule has 0 aromatic carbocycles. The van der Waals surface area contributed by atoms with E-state index in [2.05, 4.69) is 21.1 Å². The van der Waals surface area contributed by atoms with Crippen LogP contribution in [0.4, 0.5) is 0 Å². The van der Waals surface area contributed by atoms with E-state index in [1.807, 2.05) is 6.92 Å². The first-order chi connectivity index (χ1) is 6.90. The molecular weight excluding hydrogens is 337 g/mol. The SMILES string of the molecule is Cc1occc1C(=O)SCC[N+](C)(C)C.[I-]. The largest absolute Gasteiger partial charge is 1.00 e. The van der Waals surface area contributed by atoms with E-state index in [0.29, 0.717) is 11.3 Å². The molecule has 0 amide bonds. The van der Waals surface area contributed by atoms with Gasteiger partial charge in [-0.1, -0.05) is 11.8 Å². The van der Waals surface area contributed by atoms with Crippen molar-refractivity contribution in [3.63, 3.8) is 0 Å². The van der Waals surface area contributed by atoms with Gasteiger partial charge in [-0.05, 0) is 13.0 Å². The van der Waals surface area contributed by atoms with Gasteiger partial charge in [0.25, 0.3) is 0 Å². The lowest BCUT2D eigenvalue weighted by Crippen LogP contribution is -3.00. The van der Waals surface area contributed by atoms with Gasteiger partial charge in [-0.2, -0.15) is 0 Å². The minimum atomic E-state index is 0. The van der Waals surface area contributed by atoms with Crippen molar-refractivity contribution in [3.8, 4) is 0 Å². The Morgan fingerprint density at radius 2 is 2.06 bits per heavy atom. The number of thioether (sulfide) groups is 1. The summed E-state index contributed by atoms with van der Waals surface area (Å²) < 4.78 is 5.97. The summed E-state index contributed by atoms with van der Waals surface area (Å²) in [5, 5.41) is 0.106. The Morgan fingerprint density at radius 1 is 1.44 bits per heavy atom. The van der Waals surface area contributed by atoms with Gasteiger partial charge in [-0.3, -0.25) is 4.79 Å². The predicted molar refractivity (Wildman–Crippen MR) is 63.1 cm³/mol. The molecule has 16 heavy (non-hydrogen) atoms. The summed E-state index contributed by atoms with van der Waals surface area (Å²) in [6, 6.07) is 1.73. The molecule has 1 aromatic rings. The van der Waals surface area contributed by atoms with Crippen molar-refractivity contribution in [2.24, 2.45) is 0 Å². The Balaban J connectivity index is 0.00000225. The van der Waals surface area contributed by atoms with Gasteiger partial charge in [0.05, 0.1) is 45.3 Å². The van der Waals surface area contributed by atoms with Gasteiger partial charge < -0.3 is 32.9 Å². The fourth-order valence-corrected chi connectivity index (χ4v) is 2.28. The van der Waals surface area contributed by atoms with Crippen LogP contribution in [-0.2, 0) is 0 Å². The lowest BCUT2D eigenvalue weighted by Gasteiger charge is -2.23. The third-order valence-electron chi connectivity index (χ3n) is 2.07. The van der Waals surface area contributed by atoms with Crippen LogP contribution in [0, 0.1) is 6.92 Å². The second-order valence-electron chi connectivity index (χ2n) is 4.54. The molecule has 1 rings (SSSR count). The van der Waals surface area contributed by atoms with E-state index in [4.69, 9.17) is 4.42 Å². The zero-order chi connectivity index (χ0) is 11.5. The van der Waals surface area contributed by atoms with Crippen LogP contribution in [-0.4, -0.2) is 43.0 Å². The van der Waals surface area contributed by atoms with E-state index in [1.54, 1.807) is 12.3 Å². The minimum absolute atomic E-state index is 0. The number of carbonyl (C=O) groups is 1. The molecular formula is C11H18INO2S. The molecule has 0 aliphatic carbocycles. The molecule has 0 N–H and O–H groups in total. The van der Waals surface area contributed by atoms with E-state index < -0.39 is 0 Å². The summed E-state index contributed by atoms with van der Waals surface area (Å²) >= 11 is 1.36. The fraction of sp³-hybridized carbons (Fsp3) is 0.545. The Morgan fingerprint density at radius 3 is 2.50 bits per heavy atom. The standard InChI is InChI=1S/C11H18NO2S.HI/c1-9-10(5-7-14-9)11(13)15-8-6-12(2,3)4;/h5,7H,6,8H2,1-4H3;1H/q+1;/p-1. The maximum atomic E-state index is 11.7. The molecule has 0 saturated carbocycles. The van der Waals surface area contributed by atoms with Crippen molar-refractivity contribution >= 4 is 16.9 Å². The van der Waals surface area contributed by atoms with Gasteiger partial charge in [-0.15, -0.1) is 0 Å². The molecule has 3 nitrogen and oxygen atoms in total. The Hall–Kier alpha value is -0.0100. The minimum Gasteiger partial charge on any atom is -1.00 e. The summed E-state index contributed by atoms with van der Waals surface area (Å²) in [5.74, 6) is 1.55. The predicted octanol–water partition coefficient (Wildman–Crippen LogP) is -0.828. The van der Waals surface area contributed by atoms with Crippen LogP contribution in [0.3, 0.4) is 0 Å². The number of hydrogen-bond acceptors (Lipinski definition) is 3. The third-order valence-corrected chi connectivity index (χ3v) is 2.94. The van der Waals surface area contributed by atoms with Crippen LogP contribution in [0.1, 0.15) is 16.1 Å². The maximum Gasteiger partial charge on any atom is 0.223 e. The van der Waals surface area contributed by atoms with Crippen LogP contribution >= 0.6 is 11.8 Å². The number of halogens is 1. The highest BCUT2D eigenvalue weighted by atomic mass is 127. The quantitative estimate of drug-likeness (QED) is 0.522. The van der Waals surface area contributed by atoms with Gasteiger partial charge in [0, 0.05) is 0 Å². The summed E-state index contributed by atoms with van der Waals surface area (Å²) in [6.07, 6.45) is 1.56. The second-order valence-corrected chi connectivity index (χ2v) is 5.61. The van der Waals surface area contributed by atoms with Crippen molar-refractivity contribution in [1.82, 2.24) is 0 Å². The highest BCUT2D eigenvalue weighted by molar-refractivity contribution is 8.14. The summed E-state index contributed by atoms with van der Waals surface area (Å²) in [5.41, 5.74) is 0.696. The van der Waals surface area contributed by atoms with Gasteiger partial charge in [0.2, 0.25) is 5.12 Å². The third kappa shape index (κ3) is 5.36. The average Bonchev–Trinajstić information content (AvgIpc) is 2.48. The Kier molecular flexibility index (Phi) is 6.65. The number of hydrogen-bond donors (Lipinski definition) is 0. The maximum absolute atomic E-state index is 11.7. The molecule has 0 bridgehead atoms. The van der Waals surface area contributed by atoms with E-state index in [9.17, 15) is 4.79 Å². The first-order valence-electron chi connectivity index (χ1n) is 4.92. The molecule has 1 heterocycles. The molecule has 0 aliphatic heterocycles. The topological polar surface area (TPSA) is 30.2 Å². The van der Waals surface area contributed by atoms with E-state index in [-0.39, 0.29) is 29.1 Å². The molecule has 92 valence electrons. The molecule has 0 aliphatic rings. The smallest absolute Gasteiger partial charge is 0.223 e. The normalized spacial score (nSPS) is 11.0. The van der Waals surface area contributed by atoms with Crippen molar-refractivity contribution in [1.29, 1.82) is 0 Å².